The number of aromatic nitrogens is 3. The number of hydrogen-bond donors (Lipinski definition) is 0. The number of rotatable bonds is 5. The number of fused-ring (bicyclic) bond motifs is 2. The highest BCUT2D eigenvalue weighted by Crippen LogP contribution is 2.41. The van der Waals surface area contributed by atoms with Gasteiger partial charge in [0, 0.05) is 31.2 Å². The molecule has 1 aromatic carbocycles. The average Bonchev–Trinajstić information content (AvgIpc) is 3.51. The number of piperidine rings is 1. The molecule has 0 spiro atoms. The summed E-state index contributed by atoms with van der Waals surface area (Å²) in [5.74, 6) is 2.06. The molecule has 0 radical (unpaired) electrons. The zero-order valence-electron chi connectivity index (χ0n) is 26.0. The van der Waals surface area contributed by atoms with Crippen LogP contribution in [0.25, 0.3) is 5.65 Å². The van der Waals surface area contributed by atoms with Crippen molar-refractivity contribution >= 4 is 51.1 Å². The predicted molar refractivity (Wildman–Crippen MR) is 169 cm³/mol. The SMILES string of the molecule is CCOc1ccc(N(C(=O)OC(C)(C)C)c2c3c(nc4c(Br)cnn24)N([C@H]2CCCN(C(=O)OC(C)(C)C)C2)CC3)cc1. The summed E-state index contributed by atoms with van der Waals surface area (Å²) in [6.07, 6.45) is 3.27. The molecule has 0 unspecified atom stereocenters. The lowest BCUT2D eigenvalue weighted by molar-refractivity contribution is 0.0198. The van der Waals surface area contributed by atoms with Crippen LogP contribution in [0.3, 0.4) is 0 Å². The summed E-state index contributed by atoms with van der Waals surface area (Å²) >= 11 is 3.61. The Balaban J connectivity index is 1.59. The van der Waals surface area contributed by atoms with Gasteiger partial charge in [-0.3, -0.25) is 0 Å². The molecule has 11 nitrogen and oxygen atoms in total. The molecule has 0 N–H and O–H groups in total. The van der Waals surface area contributed by atoms with Gasteiger partial charge >= 0.3 is 12.2 Å². The van der Waals surface area contributed by atoms with E-state index >= 15 is 0 Å². The molecule has 1 saturated heterocycles. The molecule has 2 amide bonds. The summed E-state index contributed by atoms with van der Waals surface area (Å²) in [4.78, 5) is 37.6. The number of carbonyl (C=O) groups is 2. The lowest BCUT2D eigenvalue weighted by Gasteiger charge is -2.39. The van der Waals surface area contributed by atoms with E-state index in [9.17, 15) is 9.59 Å². The lowest BCUT2D eigenvalue weighted by atomic mass is 10.0. The molecule has 0 bridgehead atoms. The van der Waals surface area contributed by atoms with Crippen LogP contribution in [0.15, 0.2) is 34.9 Å². The number of anilines is 3. The molecular weight excluding hydrogens is 616 g/mol. The first kappa shape index (κ1) is 30.9. The lowest BCUT2D eigenvalue weighted by Crippen LogP contribution is -2.50. The fraction of sp³-hybridized carbons (Fsp3) is 0.548. The molecule has 12 heteroatoms. The molecule has 5 rings (SSSR count). The fourth-order valence-electron chi connectivity index (χ4n) is 5.54. The molecule has 0 aliphatic carbocycles. The summed E-state index contributed by atoms with van der Waals surface area (Å²) in [5.41, 5.74) is 0.801. The molecule has 43 heavy (non-hydrogen) atoms. The molecule has 2 aliphatic heterocycles. The maximum absolute atomic E-state index is 14.0. The molecule has 232 valence electrons. The first-order chi connectivity index (χ1) is 20.3. The van der Waals surface area contributed by atoms with Crippen LogP contribution in [0.5, 0.6) is 5.75 Å². The monoisotopic (exact) mass is 656 g/mol. The number of amides is 2. The zero-order valence-corrected chi connectivity index (χ0v) is 27.6. The predicted octanol–water partition coefficient (Wildman–Crippen LogP) is 6.73. The highest BCUT2D eigenvalue weighted by atomic mass is 79.9. The molecule has 4 heterocycles. The van der Waals surface area contributed by atoms with Crippen LogP contribution in [0, 0.1) is 0 Å². The Morgan fingerprint density at radius 3 is 2.40 bits per heavy atom. The minimum Gasteiger partial charge on any atom is -0.494 e. The minimum absolute atomic E-state index is 0.0486. The van der Waals surface area contributed by atoms with Crippen LogP contribution in [0.1, 0.15) is 66.9 Å². The summed E-state index contributed by atoms with van der Waals surface area (Å²) < 4.78 is 19.7. The molecular formula is C31H41BrN6O5. The Labute approximate surface area is 261 Å². The van der Waals surface area contributed by atoms with Gasteiger partial charge in [-0.05, 0) is 108 Å². The summed E-state index contributed by atoms with van der Waals surface area (Å²) in [5, 5.41) is 4.62. The van der Waals surface area contributed by atoms with E-state index in [0.717, 1.165) is 24.2 Å². The van der Waals surface area contributed by atoms with Crippen molar-refractivity contribution in [1.82, 2.24) is 19.5 Å². The van der Waals surface area contributed by atoms with Crippen LogP contribution >= 0.6 is 15.9 Å². The molecule has 2 aliphatic rings. The van der Waals surface area contributed by atoms with Crippen molar-refractivity contribution in [3.8, 4) is 5.75 Å². The topological polar surface area (TPSA) is 102 Å². The highest BCUT2D eigenvalue weighted by molar-refractivity contribution is 9.10. The number of carbonyl (C=O) groups excluding carboxylic acids is 2. The summed E-state index contributed by atoms with van der Waals surface area (Å²) in [7, 11) is 0. The van der Waals surface area contributed by atoms with E-state index in [0.29, 0.717) is 60.0 Å². The summed E-state index contributed by atoms with van der Waals surface area (Å²) in [6, 6.07) is 7.42. The number of benzene rings is 1. The van der Waals surface area contributed by atoms with E-state index in [1.54, 1.807) is 20.5 Å². The molecule has 0 saturated carbocycles. The standard InChI is InChI=1S/C31H41BrN6O5/c1-8-41-22-13-11-20(12-14-22)37(29(40)43-31(5,6)7)27-23-15-17-36(25(23)34-26-24(32)18-33-38(26)27)21-10-9-16-35(19-21)28(39)42-30(2,3)4/h11-14,18,21H,8-10,15-17,19H2,1-7H3/t21-/m0/s1. The fourth-order valence-corrected chi connectivity index (χ4v) is 5.89. The quantitative estimate of drug-likeness (QED) is 0.298. The Morgan fingerprint density at radius 1 is 1.05 bits per heavy atom. The van der Waals surface area contributed by atoms with E-state index in [4.69, 9.17) is 19.2 Å². The van der Waals surface area contributed by atoms with E-state index in [1.165, 1.54) is 0 Å². The van der Waals surface area contributed by atoms with Crippen molar-refractivity contribution in [2.45, 2.75) is 85.0 Å². The van der Waals surface area contributed by atoms with Crippen LogP contribution in [0.4, 0.5) is 26.9 Å². The van der Waals surface area contributed by atoms with Crippen LogP contribution in [-0.2, 0) is 15.9 Å². The number of hydrogen-bond acceptors (Lipinski definition) is 8. The summed E-state index contributed by atoms with van der Waals surface area (Å²) in [6.45, 7) is 15.5. The molecule has 1 atom stereocenters. The first-order valence-electron chi connectivity index (χ1n) is 14.8. The van der Waals surface area contributed by atoms with Gasteiger partial charge in [0.25, 0.3) is 0 Å². The van der Waals surface area contributed by atoms with Crippen molar-refractivity contribution in [3.63, 3.8) is 0 Å². The second kappa shape index (κ2) is 11.9. The third-order valence-corrected chi connectivity index (χ3v) is 7.77. The molecule has 1 fully saturated rings. The van der Waals surface area contributed by atoms with E-state index in [1.807, 2.05) is 72.7 Å². The second-order valence-electron chi connectivity index (χ2n) is 12.9. The van der Waals surface area contributed by atoms with Crippen LogP contribution in [0.2, 0.25) is 0 Å². The smallest absolute Gasteiger partial charge is 0.420 e. The zero-order chi connectivity index (χ0) is 31.1. The Bertz CT molecular complexity index is 1490. The second-order valence-corrected chi connectivity index (χ2v) is 13.7. The number of likely N-dealkylation sites (tertiary alicyclic amines) is 1. The van der Waals surface area contributed by atoms with Gasteiger partial charge in [-0.2, -0.15) is 9.61 Å². The largest absolute Gasteiger partial charge is 0.494 e. The Hall–Kier alpha value is -3.54. The van der Waals surface area contributed by atoms with Crippen LogP contribution < -0.4 is 14.5 Å². The highest BCUT2D eigenvalue weighted by Gasteiger charge is 2.39. The van der Waals surface area contributed by atoms with Gasteiger partial charge in [0.1, 0.15) is 22.8 Å². The normalized spacial score (nSPS) is 17.2. The van der Waals surface area contributed by atoms with Crippen LogP contribution in [-0.4, -0.2) is 75.2 Å². The first-order valence-corrected chi connectivity index (χ1v) is 15.6. The van der Waals surface area contributed by atoms with E-state index in [-0.39, 0.29) is 12.1 Å². The third-order valence-electron chi connectivity index (χ3n) is 7.21. The van der Waals surface area contributed by atoms with E-state index < -0.39 is 17.3 Å². The molecule has 3 aromatic rings. The average molecular weight is 658 g/mol. The van der Waals surface area contributed by atoms with Gasteiger partial charge in [-0.15, -0.1) is 0 Å². The maximum atomic E-state index is 14.0. The number of halogens is 1. The molecule has 2 aromatic heterocycles. The van der Waals surface area contributed by atoms with Gasteiger partial charge in [0.15, 0.2) is 11.5 Å². The maximum Gasteiger partial charge on any atom is 0.420 e. The Kier molecular flexibility index (Phi) is 8.52. The number of ether oxygens (including phenoxy) is 3. The van der Waals surface area contributed by atoms with Crippen molar-refractivity contribution in [2.24, 2.45) is 0 Å². The van der Waals surface area contributed by atoms with Crippen molar-refractivity contribution in [3.05, 3.63) is 40.5 Å². The Morgan fingerprint density at radius 2 is 1.74 bits per heavy atom. The van der Waals surface area contributed by atoms with Gasteiger partial charge in [0.05, 0.1) is 23.0 Å². The minimum atomic E-state index is -0.722. The van der Waals surface area contributed by atoms with Crippen molar-refractivity contribution < 1.29 is 23.8 Å². The van der Waals surface area contributed by atoms with Gasteiger partial charge in [-0.25, -0.2) is 19.5 Å². The third kappa shape index (κ3) is 6.68. The van der Waals surface area contributed by atoms with Crippen molar-refractivity contribution in [2.75, 3.05) is 36.0 Å². The van der Waals surface area contributed by atoms with E-state index in [2.05, 4.69) is 25.9 Å². The van der Waals surface area contributed by atoms with Crippen molar-refractivity contribution in [1.29, 1.82) is 0 Å². The number of nitrogens with zero attached hydrogens (tertiary/aromatic N) is 6. The van der Waals surface area contributed by atoms with Gasteiger partial charge in [-0.1, -0.05) is 0 Å². The van der Waals surface area contributed by atoms with Gasteiger partial charge in [0.2, 0.25) is 0 Å². The van der Waals surface area contributed by atoms with Gasteiger partial charge < -0.3 is 24.0 Å².